The number of rotatable bonds is 2. The molecule has 13 heavy (non-hydrogen) atoms. The Kier molecular flexibility index (Phi) is 1.65. The monoisotopic (exact) mass is 179 g/mol. The lowest BCUT2D eigenvalue weighted by atomic mass is 10.2. The van der Waals surface area contributed by atoms with Crippen molar-refractivity contribution in [1.82, 2.24) is 14.5 Å². The van der Waals surface area contributed by atoms with E-state index < -0.39 is 0 Å². The van der Waals surface area contributed by atoms with Crippen LogP contribution in [-0.2, 0) is 0 Å². The smallest absolute Gasteiger partial charge is 0.315 e. The molecule has 2 aromatic rings. The van der Waals surface area contributed by atoms with Crippen molar-refractivity contribution in [3.8, 4) is 0 Å². The van der Waals surface area contributed by atoms with Crippen molar-refractivity contribution in [2.75, 3.05) is 0 Å². The molecular weight excluding hydrogens is 170 g/mol. The van der Waals surface area contributed by atoms with E-state index in [1.807, 2.05) is 13.8 Å². The van der Waals surface area contributed by atoms with E-state index in [0.29, 0.717) is 11.5 Å². The first kappa shape index (κ1) is 7.97. The highest BCUT2D eigenvalue weighted by atomic mass is 16.5. The van der Waals surface area contributed by atoms with Gasteiger partial charge < -0.3 is 4.52 Å². The summed E-state index contributed by atoms with van der Waals surface area (Å²) in [5.41, 5.74) is 0.472. The maximum atomic E-state index is 10.6. The number of nitrogens with zero attached hydrogens (tertiary/aromatic N) is 3. The largest absolute Gasteiger partial charge is 0.332 e. The van der Waals surface area contributed by atoms with E-state index in [1.54, 1.807) is 4.40 Å². The molecule has 0 aromatic carbocycles. The van der Waals surface area contributed by atoms with Crippen LogP contribution in [0.1, 0.15) is 36.1 Å². The van der Waals surface area contributed by atoms with E-state index >= 15 is 0 Å². The highest BCUT2D eigenvalue weighted by molar-refractivity contribution is 5.73. The molecule has 0 aliphatic rings. The fourth-order valence-corrected chi connectivity index (χ4v) is 1.22. The average Bonchev–Trinajstić information content (AvgIpc) is 2.61. The molecular formula is C8H9N3O2. The van der Waals surface area contributed by atoms with Gasteiger partial charge in [0.2, 0.25) is 0 Å². The highest BCUT2D eigenvalue weighted by Gasteiger charge is 2.15. The van der Waals surface area contributed by atoms with Crippen LogP contribution in [0.2, 0.25) is 0 Å². The zero-order valence-corrected chi connectivity index (χ0v) is 7.39. The molecule has 68 valence electrons. The number of hydrogen-bond donors (Lipinski definition) is 0. The summed E-state index contributed by atoms with van der Waals surface area (Å²) >= 11 is 0. The van der Waals surface area contributed by atoms with Crippen molar-refractivity contribution in [3.05, 3.63) is 17.7 Å². The number of hydrogen-bond acceptors (Lipinski definition) is 4. The van der Waals surface area contributed by atoms with Gasteiger partial charge in [-0.25, -0.2) is 9.38 Å². The Labute approximate surface area is 74.4 Å². The number of aldehydes is 1. The molecule has 0 N–H and O–H groups in total. The first-order valence-corrected chi connectivity index (χ1v) is 4.02. The standard InChI is InChI=1S/C8H9N3O2/c1-5(2)7-10-13-8-9-3-6(4-12)11(7)8/h3-5H,1-2H3. The molecule has 0 bridgehead atoms. The molecule has 0 saturated heterocycles. The highest BCUT2D eigenvalue weighted by Crippen LogP contribution is 2.16. The van der Waals surface area contributed by atoms with E-state index in [2.05, 4.69) is 10.1 Å². The predicted octanol–water partition coefficient (Wildman–Crippen LogP) is 1.26. The minimum atomic E-state index is 0.203. The van der Waals surface area contributed by atoms with Crippen LogP contribution in [0.3, 0.4) is 0 Å². The Bertz CT molecular complexity index is 441. The van der Waals surface area contributed by atoms with Gasteiger partial charge >= 0.3 is 5.84 Å². The van der Waals surface area contributed by atoms with Crippen LogP contribution in [-0.4, -0.2) is 20.8 Å². The molecule has 2 rings (SSSR count). The number of imidazole rings is 1. The summed E-state index contributed by atoms with van der Waals surface area (Å²) in [5.74, 6) is 1.29. The van der Waals surface area contributed by atoms with Crippen molar-refractivity contribution in [3.63, 3.8) is 0 Å². The van der Waals surface area contributed by atoms with Gasteiger partial charge in [0.1, 0.15) is 5.69 Å². The lowest BCUT2D eigenvalue weighted by Crippen LogP contribution is -1.98. The fourth-order valence-electron chi connectivity index (χ4n) is 1.22. The van der Waals surface area contributed by atoms with Crippen molar-refractivity contribution < 1.29 is 9.32 Å². The second kappa shape index (κ2) is 2.69. The van der Waals surface area contributed by atoms with Crippen molar-refractivity contribution in [1.29, 1.82) is 0 Å². The molecule has 0 atom stereocenters. The van der Waals surface area contributed by atoms with Crippen LogP contribution in [0.15, 0.2) is 10.7 Å². The molecule has 0 aliphatic heterocycles. The van der Waals surface area contributed by atoms with Crippen LogP contribution in [0, 0.1) is 0 Å². The Morgan fingerprint density at radius 2 is 2.38 bits per heavy atom. The van der Waals surface area contributed by atoms with Gasteiger partial charge in [-0.15, -0.1) is 0 Å². The van der Waals surface area contributed by atoms with Crippen molar-refractivity contribution >= 4 is 12.1 Å². The SMILES string of the molecule is CC(C)c1noc2ncc(C=O)n12. The molecule has 0 amide bonds. The number of carbonyl (C=O) groups is 1. The lowest BCUT2D eigenvalue weighted by Gasteiger charge is -1.98. The number of aromatic nitrogens is 3. The summed E-state index contributed by atoms with van der Waals surface area (Å²) in [6.07, 6.45) is 2.21. The van der Waals surface area contributed by atoms with Gasteiger partial charge in [-0.05, 0) is 0 Å². The molecule has 2 aromatic heterocycles. The Morgan fingerprint density at radius 3 is 3.00 bits per heavy atom. The van der Waals surface area contributed by atoms with Crippen LogP contribution >= 0.6 is 0 Å². The third kappa shape index (κ3) is 1.04. The summed E-state index contributed by atoms with van der Waals surface area (Å²) in [7, 11) is 0. The average molecular weight is 179 g/mol. The molecule has 0 aliphatic carbocycles. The number of carbonyl (C=O) groups excluding carboxylic acids is 1. The van der Waals surface area contributed by atoms with E-state index in [1.165, 1.54) is 6.20 Å². The molecule has 0 radical (unpaired) electrons. The molecule has 0 unspecified atom stereocenters. The van der Waals surface area contributed by atoms with Gasteiger partial charge in [0.05, 0.1) is 6.20 Å². The van der Waals surface area contributed by atoms with E-state index in [-0.39, 0.29) is 5.92 Å². The third-order valence-corrected chi connectivity index (χ3v) is 1.84. The van der Waals surface area contributed by atoms with Crippen LogP contribution < -0.4 is 0 Å². The number of fused-ring (bicyclic) bond motifs is 1. The lowest BCUT2D eigenvalue weighted by molar-refractivity contribution is 0.111. The maximum absolute atomic E-state index is 10.6. The van der Waals surface area contributed by atoms with Crippen LogP contribution in [0.25, 0.3) is 5.84 Å². The van der Waals surface area contributed by atoms with Gasteiger partial charge in [0.15, 0.2) is 12.1 Å². The first-order chi connectivity index (χ1) is 6.24. The molecule has 5 heteroatoms. The molecule has 0 saturated carbocycles. The first-order valence-electron chi connectivity index (χ1n) is 4.02. The fraction of sp³-hybridized carbons (Fsp3) is 0.375. The Balaban J connectivity index is 2.75. The quantitative estimate of drug-likeness (QED) is 0.651. The van der Waals surface area contributed by atoms with E-state index in [9.17, 15) is 4.79 Å². The molecule has 2 heterocycles. The zero-order valence-electron chi connectivity index (χ0n) is 7.39. The van der Waals surface area contributed by atoms with Gasteiger partial charge in [0, 0.05) is 5.92 Å². The van der Waals surface area contributed by atoms with Crippen molar-refractivity contribution in [2.45, 2.75) is 19.8 Å². The maximum Gasteiger partial charge on any atom is 0.332 e. The molecule has 0 spiro atoms. The van der Waals surface area contributed by atoms with Gasteiger partial charge in [-0.1, -0.05) is 19.0 Å². The minimum absolute atomic E-state index is 0.203. The summed E-state index contributed by atoms with van der Waals surface area (Å²) < 4.78 is 6.56. The topological polar surface area (TPSA) is 60.4 Å². The van der Waals surface area contributed by atoms with Gasteiger partial charge in [-0.2, -0.15) is 0 Å². The van der Waals surface area contributed by atoms with E-state index in [4.69, 9.17) is 4.52 Å². The summed E-state index contributed by atoms with van der Waals surface area (Å²) in [6.45, 7) is 3.96. The van der Waals surface area contributed by atoms with Crippen LogP contribution in [0.5, 0.6) is 0 Å². The minimum Gasteiger partial charge on any atom is -0.315 e. The second-order valence-corrected chi connectivity index (χ2v) is 3.11. The summed E-state index contributed by atoms with van der Waals surface area (Å²) in [4.78, 5) is 14.5. The molecule has 0 fully saturated rings. The van der Waals surface area contributed by atoms with E-state index in [0.717, 1.165) is 12.1 Å². The molecule has 5 nitrogen and oxygen atoms in total. The van der Waals surface area contributed by atoms with Gasteiger partial charge in [0.25, 0.3) is 0 Å². The van der Waals surface area contributed by atoms with Crippen molar-refractivity contribution in [2.24, 2.45) is 0 Å². The Morgan fingerprint density at radius 1 is 1.62 bits per heavy atom. The normalized spacial score (nSPS) is 11.3. The second-order valence-electron chi connectivity index (χ2n) is 3.11. The van der Waals surface area contributed by atoms with Crippen LogP contribution in [0.4, 0.5) is 0 Å². The predicted molar refractivity (Wildman–Crippen MR) is 44.7 cm³/mol. The summed E-state index contributed by atoms with van der Waals surface area (Å²) in [6, 6.07) is 0. The Hall–Kier alpha value is -1.65. The third-order valence-electron chi connectivity index (χ3n) is 1.84. The zero-order chi connectivity index (χ0) is 9.42. The van der Waals surface area contributed by atoms with Gasteiger partial charge in [-0.3, -0.25) is 4.79 Å². The summed E-state index contributed by atoms with van der Waals surface area (Å²) in [5, 5.41) is 3.83.